The van der Waals surface area contributed by atoms with Crippen LogP contribution in [-0.4, -0.2) is 42.3 Å². The first-order chi connectivity index (χ1) is 8.31. The summed E-state index contributed by atoms with van der Waals surface area (Å²) in [6.45, 7) is 7.40. The van der Waals surface area contributed by atoms with Crippen molar-refractivity contribution in [3.05, 3.63) is 0 Å². The van der Waals surface area contributed by atoms with Crippen LogP contribution in [0.15, 0.2) is 0 Å². The van der Waals surface area contributed by atoms with E-state index in [4.69, 9.17) is 30.1 Å². The zero-order chi connectivity index (χ0) is 13.1. The van der Waals surface area contributed by atoms with Crippen molar-refractivity contribution in [3.8, 4) is 12.3 Å². The monoisotopic (exact) mass is 254 g/mol. The predicted octanol–water partition coefficient (Wildman–Crippen LogP) is 1.02. The van der Waals surface area contributed by atoms with Gasteiger partial charge in [-0.2, -0.15) is 0 Å². The number of ether oxygens (including phenoxy) is 5. The lowest BCUT2D eigenvalue weighted by Gasteiger charge is -2.34. The van der Waals surface area contributed by atoms with Gasteiger partial charge in [0.05, 0.1) is 0 Å². The van der Waals surface area contributed by atoms with Crippen LogP contribution in [0.2, 0.25) is 0 Å². The van der Waals surface area contributed by atoms with Crippen LogP contribution in [0.5, 0.6) is 0 Å². The summed E-state index contributed by atoms with van der Waals surface area (Å²) in [5.41, 5.74) is 0. The summed E-state index contributed by atoms with van der Waals surface area (Å²) in [4.78, 5) is 0. The van der Waals surface area contributed by atoms with E-state index >= 15 is 0 Å². The Labute approximate surface area is 107 Å². The normalized spacial score (nSPS) is 48.3. The van der Waals surface area contributed by atoms with Gasteiger partial charge in [0.2, 0.25) is 0 Å². The van der Waals surface area contributed by atoms with Crippen molar-refractivity contribution in [3.63, 3.8) is 0 Å². The van der Waals surface area contributed by atoms with Gasteiger partial charge in [-0.25, -0.2) is 0 Å². The fourth-order valence-corrected chi connectivity index (χ4v) is 2.75. The van der Waals surface area contributed by atoms with Gasteiger partial charge in [0.25, 0.3) is 0 Å². The minimum atomic E-state index is -0.695. The second-order valence-electron chi connectivity index (χ2n) is 5.76. The molecule has 0 spiro atoms. The highest BCUT2D eigenvalue weighted by atomic mass is 16.9. The van der Waals surface area contributed by atoms with Crippen molar-refractivity contribution in [1.29, 1.82) is 0 Å². The van der Waals surface area contributed by atoms with Gasteiger partial charge in [-0.3, -0.25) is 0 Å². The van der Waals surface area contributed by atoms with E-state index in [0.29, 0.717) is 0 Å². The number of hydrogen-bond acceptors (Lipinski definition) is 5. The first kappa shape index (κ1) is 12.4. The maximum atomic E-state index is 5.89. The Morgan fingerprint density at radius 1 is 0.833 bits per heavy atom. The zero-order valence-corrected chi connectivity index (χ0v) is 11.0. The average molecular weight is 254 g/mol. The maximum absolute atomic E-state index is 5.89. The molecule has 0 aromatic heterocycles. The van der Waals surface area contributed by atoms with Crippen molar-refractivity contribution in [1.82, 2.24) is 0 Å². The second kappa shape index (κ2) is 3.69. The quantitative estimate of drug-likeness (QED) is 0.604. The number of fused-ring (bicyclic) bond motifs is 3. The molecule has 5 atom stereocenters. The molecule has 0 N–H and O–H groups in total. The fraction of sp³-hybridized carbons (Fsp3) is 0.846. The molecule has 0 saturated carbocycles. The van der Waals surface area contributed by atoms with Crippen LogP contribution in [0, 0.1) is 12.3 Å². The van der Waals surface area contributed by atoms with E-state index in [1.54, 1.807) is 0 Å². The molecule has 0 aliphatic carbocycles. The zero-order valence-electron chi connectivity index (χ0n) is 11.0. The highest BCUT2D eigenvalue weighted by molar-refractivity contribution is 5.10. The molecule has 0 bridgehead atoms. The number of hydrogen-bond donors (Lipinski definition) is 0. The van der Waals surface area contributed by atoms with Crippen LogP contribution in [0.4, 0.5) is 0 Å². The molecule has 0 aromatic rings. The summed E-state index contributed by atoms with van der Waals surface area (Å²) in [5.74, 6) is 1.21. The van der Waals surface area contributed by atoms with Crippen LogP contribution in [0.3, 0.4) is 0 Å². The molecule has 0 aromatic carbocycles. The van der Waals surface area contributed by atoms with Crippen molar-refractivity contribution in [2.75, 3.05) is 0 Å². The fourth-order valence-electron chi connectivity index (χ4n) is 2.75. The SMILES string of the molecule is C#CC1O[C@H]2OC(C)(C)O[C@H]2[C@@H]2OC(C)(C)O[C@H]12. The molecular weight excluding hydrogens is 236 g/mol. The van der Waals surface area contributed by atoms with E-state index in [-0.39, 0.29) is 18.3 Å². The molecule has 3 rings (SSSR count). The second-order valence-corrected chi connectivity index (χ2v) is 5.76. The van der Waals surface area contributed by atoms with Gasteiger partial charge in [0, 0.05) is 0 Å². The summed E-state index contributed by atoms with van der Waals surface area (Å²) >= 11 is 0. The lowest BCUT2D eigenvalue weighted by Crippen LogP contribution is -2.54. The summed E-state index contributed by atoms with van der Waals surface area (Å²) in [7, 11) is 0. The number of rotatable bonds is 0. The van der Waals surface area contributed by atoms with Crippen LogP contribution in [0.25, 0.3) is 0 Å². The van der Waals surface area contributed by atoms with Crippen LogP contribution < -0.4 is 0 Å². The van der Waals surface area contributed by atoms with Gasteiger partial charge >= 0.3 is 0 Å². The van der Waals surface area contributed by atoms with E-state index in [1.807, 2.05) is 27.7 Å². The Hall–Kier alpha value is -0.640. The predicted molar refractivity (Wildman–Crippen MR) is 61.4 cm³/mol. The molecule has 1 unspecified atom stereocenters. The molecule has 0 amide bonds. The Morgan fingerprint density at radius 3 is 2.06 bits per heavy atom. The first-order valence-electron chi connectivity index (χ1n) is 6.14. The Kier molecular flexibility index (Phi) is 2.54. The van der Waals surface area contributed by atoms with Gasteiger partial charge in [-0.1, -0.05) is 5.92 Å². The van der Waals surface area contributed by atoms with Crippen LogP contribution in [0.1, 0.15) is 27.7 Å². The van der Waals surface area contributed by atoms with Crippen molar-refractivity contribution in [2.45, 2.75) is 70.0 Å². The van der Waals surface area contributed by atoms with E-state index in [2.05, 4.69) is 5.92 Å². The van der Waals surface area contributed by atoms with Crippen molar-refractivity contribution in [2.24, 2.45) is 0 Å². The van der Waals surface area contributed by atoms with Crippen LogP contribution >= 0.6 is 0 Å². The average Bonchev–Trinajstić information content (AvgIpc) is 2.71. The molecule has 100 valence electrons. The third-order valence-corrected chi connectivity index (χ3v) is 3.32. The first-order valence-corrected chi connectivity index (χ1v) is 6.14. The minimum Gasteiger partial charge on any atom is -0.341 e. The molecule has 3 heterocycles. The highest BCUT2D eigenvalue weighted by Gasteiger charge is 2.60. The Morgan fingerprint density at radius 2 is 1.39 bits per heavy atom. The Balaban J connectivity index is 1.89. The lowest BCUT2D eigenvalue weighted by molar-refractivity contribution is -0.220. The molecule has 3 fully saturated rings. The Bertz CT molecular complexity index is 397. The smallest absolute Gasteiger partial charge is 0.191 e. The van der Waals surface area contributed by atoms with Crippen molar-refractivity contribution >= 4 is 0 Å². The highest BCUT2D eigenvalue weighted by Crippen LogP contribution is 2.43. The summed E-state index contributed by atoms with van der Waals surface area (Å²) in [6, 6.07) is 0. The topological polar surface area (TPSA) is 46.2 Å². The van der Waals surface area contributed by atoms with Gasteiger partial charge < -0.3 is 23.7 Å². The van der Waals surface area contributed by atoms with E-state index in [1.165, 1.54) is 0 Å². The molecule has 5 nitrogen and oxygen atoms in total. The molecule has 0 radical (unpaired) electrons. The van der Waals surface area contributed by atoms with Crippen LogP contribution in [-0.2, 0) is 23.7 Å². The summed E-state index contributed by atoms with van der Waals surface area (Å²) in [5, 5.41) is 0. The third kappa shape index (κ3) is 1.85. The lowest BCUT2D eigenvalue weighted by atomic mass is 9.99. The molecule has 18 heavy (non-hydrogen) atoms. The molecule has 3 aliphatic heterocycles. The standard InChI is InChI=1S/C13H18O5/c1-6-7-8-9(16-12(2,3)15-8)10-11(14-7)18-13(4,5)17-10/h1,7-11H,2-5H3/t7?,8-,9-,10+,11+/m1/s1. The van der Waals surface area contributed by atoms with Gasteiger partial charge in [-0.05, 0) is 27.7 Å². The molecule has 5 heteroatoms. The number of terminal acetylenes is 1. The van der Waals surface area contributed by atoms with Gasteiger partial charge in [0.1, 0.15) is 24.4 Å². The van der Waals surface area contributed by atoms with Gasteiger partial charge in [0.15, 0.2) is 17.9 Å². The minimum absolute atomic E-state index is 0.262. The summed E-state index contributed by atoms with van der Waals surface area (Å²) in [6.07, 6.45) is 3.63. The maximum Gasteiger partial charge on any atom is 0.191 e. The van der Waals surface area contributed by atoms with E-state index < -0.39 is 24.0 Å². The van der Waals surface area contributed by atoms with E-state index in [0.717, 1.165) is 0 Å². The molecular formula is C13H18O5. The van der Waals surface area contributed by atoms with Crippen molar-refractivity contribution < 1.29 is 23.7 Å². The van der Waals surface area contributed by atoms with Gasteiger partial charge in [-0.15, -0.1) is 6.42 Å². The molecule has 3 saturated heterocycles. The van der Waals surface area contributed by atoms with E-state index in [9.17, 15) is 0 Å². The summed E-state index contributed by atoms with van der Waals surface area (Å²) < 4.78 is 28.9. The largest absolute Gasteiger partial charge is 0.341 e. The molecule has 3 aliphatic rings. The third-order valence-electron chi connectivity index (χ3n) is 3.32.